The molecule has 140 valence electrons. The van der Waals surface area contributed by atoms with Gasteiger partial charge in [0.25, 0.3) is 0 Å². The minimum Gasteiger partial charge on any atom is -0.441 e. The minimum atomic E-state index is -0.328. The summed E-state index contributed by atoms with van der Waals surface area (Å²) in [5.74, 6) is 0.463. The van der Waals surface area contributed by atoms with E-state index in [9.17, 15) is 9.65 Å². The maximum atomic E-state index is 13.3. The summed E-state index contributed by atoms with van der Waals surface area (Å²) in [4.78, 5) is 11.4. The van der Waals surface area contributed by atoms with E-state index in [-0.39, 0.29) is 5.82 Å². The van der Waals surface area contributed by atoms with E-state index in [1.165, 1.54) is 23.5 Å². The summed E-state index contributed by atoms with van der Waals surface area (Å²) < 4.78 is 20.0. The Morgan fingerprint density at radius 2 is 2.07 bits per heavy atom. The topological polar surface area (TPSA) is 66.0 Å². The number of pyridine rings is 1. The normalized spacial score (nSPS) is 11.0. The monoisotopic (exact) mass is 456 g/mol. The van der Waals surface area contributed by atoms with Crippen LogP contribution in [-0.4, -0.2) is 17.0 Å². The van der Waals surface area contributed by atoms with Crippen molar-refractivity contribution in [3.8, 4) is 17.3 Å². The molecular weight excluding hydrogens is 443 g/mol. The first kappa shape index (κ1) is 18.6. The van der Waals surface area contributed by atoms with Crippen molar-refractivity contribution in [2.24, 2.45) is 0 Å². The lowest BCUT2D eigenvalue weighted by molar-refractivity contribution is 0.547. The number of benzene rings is 1. The average molecular weight is 457 g/mol. The van der Waals surface area contributed by atoms with Gasteiger partial charge in [0.2, 0.25) is 5.71 Å². The highest BCUT2D eigenvalue weighted by atomic mass is 79.9. The second kappa shape index (κ2) is 7.34. The number of hydrogen-bond donors (Lipinski definition) is 0. The molecule has 0 amide bonds. The molecule has 0 bridgehead atoms. The average Bonchev–Trinajstić information content (AvgIpc) is 3.29. The Bertz CT molecular complexity index is 1210. The molecule has 0 unspecified atom stereocenters. The van der Waals surface area contributed by atoms with Crippen LogP contribution in [0.15, 0.2) is 45.4 Å². The van der Waals surface area contributed by atoms with Gasteiger partial charge in [0.05, 0.1) is 11.1 Å². The van der Waals surface area contributed by atoms with Crippen molar-refractivity contribution in [3.05, 3.63) is 57.5 Å². The molecule has 0 saturated heterocycles. The van der Waals surface area contributed by atoms with Crippen molar-refractivity contribution in [1.82, 2.24) is 9.97 Å². The molecule has 0 spiro atoms. The zero-order chi connectivity index (χ0) is 19.8. The summed E-state index contributed by atoms with van der Waals surface area (Å²) in [7, 11) is 1.89. The summed E-state index contributed by atoms with van der Waals surface area (Å²) in [5, 5.41) is 11.1. The number of halogens is 2. The fourth-order valence-electron chi connectivity index (χ4n) is 3.03. The van der Waals surface area contributed by atoms with Crippen molar-refractivity contribution >= 4 is 49.2 Å². The number of anilines is 2. The zero-order valence-electron chi connectivity index (χ0n) is 15.0. The van der Waals surface area contributed by atoms with Gasteiger partial charge < -0.3 is 9.32 Å². The number of hydrogen-bond acceptors (Lipinski definition) is 6. The van der Waals surface area contributed by atoms with Gasteiger partial charge in [0.1, 0.15) is 28.2 Å². The molecule has 4 rings (SSSR count). The standard InChI is InChI=1S/C20H14BrFN4OS/c1-3-15-18(14-8-12(21)10-24-19(14)27-15)26(2)20-25-17(16(9-23)28-20)11-4-6-13(22)7-5-11/h4-8,10H,3H2,1-2H3. The van der Waals surface area contributed by atoms with Gasteiger partial charge in [-0.2, -0.15) is 5.26 Å². The first-order valence-electron chi connectivity index (χ1n) is 8.49. The third kappa shape index (κ3) is 3.17. The van der Waals surface area contributed by atoms with Crippen LogP contribution in [-0.2, 0) is 6.42 Å². The second-order valence-corrected chi connectivity index (χ2v) is 7.98. The van der Waals surface area contributed by atoms with E-state index in [4.69, 9.17) is 4.42 Å². The Kier molecular flexibility index (Phi) is 4.87. The van der Waals surface area contributed by atoms with Crippen LogP contribution >= 0.6 is 27.3 Å². The Morgan fingerprint density at radius 1 is 1.32 bits per heavy atom. The largest absolute Gasteiger partial charge is 0.441 e. The van der Waals surface area contributed by atoms with Crippen LogP contribution in [0.4, 0.5) is 15.2 Å². The lowest BCUT2D eigenvalue weighted by Crippen LogP contribution is -2.10. The van der Waals surface area contributed by atoms with E-state index in [1.54, 1.807) is 18.3 Å². The van der Waals surface area contributed by atoms with Crippen LogP contribution in [0.25, 0.3) is 22.4 Å². The van der Waals surface area contributed by atoms with Crippen molar-refractivity contribution in [1.29, 1.82) is 5.26 Å². The summed E-state index contributed by atoms with van der Waals surface area (Å²) >= 11 is 4.74. The Labute approximate surface area is 173 Å². The molecule has 4 aromatic rings. The van der Waals surface area contributed by atoms with Gasteiger partial charge >= 0.3 is 0 Å². The minimum absolute atomic E-state index is 0.328. The van der Waals surface area contributed by atoms with Crippen LogP contribution < -0.4 is 4.90 Å². The smallest absolute Gasteiger partial charge is 0.228 e. The number of aromatic nitrogens is 2. The van der Waals surface area contributed by atoms with E-state index in [1.807, 2.05) is 24.9 Å². The SMILES string of the molecule is CCc1oc2ncc(Br)cc2c1N(C)c1nc(-c2ccc(F)cc2)c(C#N)s1. The maximum absolute atomic E-state index is 13.3. The molecule has 0 aliphatic carbocycles. The molecule has 3 aromatic heterocycles. The summed E-state index contributed by atoms with van der Waals surface area (Å²) in [6, 6.07) is 10.1. The molecule has 0 aliphatic heterocycles. The number of rotatable bonds is 4. The molecule has 0 fully saturated rings. The fourth-order valence-corrected chi connectivity index (χ4v) is 4.21. The maximum Gasteiger partial charge on any atom is 0.228 e. The number of aryl methyl sites for hydroxylation is 1. The number of nitriles is 1. The number of nitrogens with zero attached hydrogens (tertiary/aromatic N) is 4. The highest BCUT2D eigenvalue weighted by Gasteiger charge is 2.23. The van der Waals surface area contributed by atoms with Gasteiger partial charge in [0, 0.05) is 29.7 Å². The van der Waals surface area contributed by atoms with Crippen molar-refractivity contribution < 1.29 is 8.81 Å². The lowest BCUT2D eigenvalue weighted by Gasteiger charge is -2.15. The van der Waals surface area contributed by atoms with E-state index in [0.29, 0.717) is 33.4 Å². The van der Waals surface area contributed by atoms with Crippen LogP contribution in [0.1, 0.15) is 17.6 Å². The molecule has 8 heteroatoms. The molecule has 3 heterocycles. The number of furan rings is 1. The van der Waals surface area contributed by atoms with Crippen molar-refractivity contribution in [2.75, 3.05) is 11.9 Å². The number of fused-ring (bicyclic) bond motifs is 1. The molecule has 0 radical (unpaired) electrons. The summed E-state index contributed by atoms with van der Waals surface area (Å²) in [6.45, 7) is 2.01. The molecule has 0 aliphatic rings. The van der Waals surface area contributed by atoms with Gasteiger partial charge in [-0.3, -0.25) is 0 Å². The Balaban J connectivity index is 1.84. The first-order chi connectivity index (χ1) is 13.5. The molecule has 0 saturated carbocycles. The van der Waals surface area contributed by atoms with Gasteiger partial charge in [-0.05, 0) is 46.3 Å². The van der Waals surface area contributed by atoms with Crippen LogP contribution in [0.3, 0.4) is 0 Å². The highest BCUT2D eigenvalue weighted by molar-refractivity contribution is 9.10. The lowest BCUT2D eigenvalue weighted by atomic mass is 10.1. The van der Waals surface area contributed by atoms with E-state index >= 15 is 0 Å². The van der Waals surface area contributed by atoms with Gasteiger partial charge in [0.15, 0.2) is 5.13 Å². The van der Waals surface area contributed by atoms with Crippen molar-refractivity contribution in [2.45, 2.75) is 13.3 Å². The van der Waals surface area contributed by atoms with Crippen molar-refractivity contribution in [3.63, 3.8) is 0 Å². The van der Waals surface area contributed by atoms with Crippen LogP contribution in [0.5, 0.6) is 0 Å². The Morgan fingerprint density at radius 3 is 2.75 bits per heavy atom. The Hall–Kier alpha value is -2.76. The fraction of sp³-hybridized carbons (Fsp3) is 0.150. The first-order valence-corrected chi connectivity index (χ1v) is 10.1. The molecule has 1 aromatic carbocycles. The quantitative estimate of drug-likeness (QED) is 0.373. The highest BCUT2D eigenvalue weighted by Crippen LogP contribution is 2.41. The third-order valence-electron chi connectivity index (χ3n) is 4.34. The second-order valence-electron chi connectivity index (χ2n) is 6.09. The van der Waals surface area contributed by atoms with Crippen LogP contribution in [0.2, 0.25) is 0 Å². The van der Waals surface area contributed by atoms with Gasteiger partial charge in [-0.25, -0.2) is 14.4 Å². The molecule has 0 N–H and O–H groups in total. The predicted octanol–water partition coefficient (Wildman–Crippen LogP) is 6.05. The predicted molar refractivity (Wildman–Crippen MR) is 111 cm³/mol. The molecular formula is C20H14BrFN4OS. The molecule has 28 heavy (non-hydrogen) atoms. The van der Waals surface area contributed by atoms with E-state index < -0.39 is 0 Å². The summed E-state index contributed by atoms with van der Waals surface area (Å²) in [5.41, 5.74) is 2.67. The van der Waals surface area contributed by atoms with E-state index in [2.05, 4.69) is 32.0 Å². The third-order valence-corrected chi connectivity index (χ3v) is 5.81. The van der Waals surface area contributed by atoms with Gasteiger partial charge in [-0.15, -0.1) is 0 Å². The van der Waals surface area contributed by atoms with Crippen LogP contribution in [0, 0.1) is 17.1 Å². The van der Waals surface area contributed by atoms with E-state index in [0.717, 1.165) is 21.3 Å². The molecule has 0 atom stereocenters. The number of thiazole rings is 1. The van der Waals surface area contributed by atoms with Gasteiger partial charge in [-0.1, -0.05) is 18.3 Å². The zero-order valence-corrected chi connectivity index (χ0v) is 17.4. The molecule has 5 nitrogen and oxygen atoms in total. The summed E-state index contributed by atoms with van der Waals surface area (Å²) in [6.07, 6.45) is 2.38.